The molecular weight excluding hydrogens is 352 g/mol. The molecule has 0 saturated carbocycles. The molecule has 0 radical (unpaired) electrons. The smallest absolute Gasteiger partial charge is 0.266 e. The van der Waals surface area contributed by atoms with Gasteiger partial charge in [0.25, 0.3) is 15.9 Å². The zero-order chi connectivity index (χ0) is 19.0. The van der Waals surface area contributed by atoms with E-state index in [2.05, 4.69) is 17.2 Å². The van der Waals surface area contributed by atoms with E-state index >= 15 is 0 Å². The summed E-state index contributed by atoms with van der Waals surface area (Å²) in [4.78, 5) is 14.3. The molecule has 1 amide bonds. The van der Waals surface area contributed by atoms with Gasteiger partial charge in [0.15, 0.2) is 0 Å². The van der Waals surface area contributed by atoms with E-state index < -0.39 is 15.9 Å². The van der Waals surface area contributed by atoms with E-state index in [1.807, 2.05) is 19.1 Å². The fourth-order valence-corrected chi connectivity index (χ4v) is 3.17. The highest BCUT2D eigenvalue weighted by Gasteiger charge is 2.15. The maximum atomic E-state index is 12.2. The van der Waals surface area contributed by atoms with Crippen molar-refractivity contribution in [3.8, 4) is 5.75 Å². The molecule has 2 rings (SSSR count). The molecule has 140 valence electrons. The van der Waals surface area contributed by atoms with Crippen LogP contribution < -0.4 is 15.0 Å². The molecule has 26 heavy (non-hydrogen) atoms. The highest BCUT2D eigenvalue weighted by Crippen LogP contribution is 2.15. The zero-order valence-corrected chi connectivity index (χ0v) is 15.8. The van der Waals surface area contributed by atoms with Crippen LogP contribution in [0.2, 0.25) is 0 Å². The maximum Gasteiger partial charge on any atom is 0.266 e. The van der Waals surface area contributed by atoms with E-state index in [9.17, 15) is 13.2 Å². The van der Waals surface area contributed by atoms with Crippen molar-refractivity contribution in [1.82, 2.24) is 10.3 Å². The van der Waals surface area contributed by atoms with Gasteiger partial charge >= 0.3 is 0 Å². The number of ether oxygens (including phenoxy) is 1. The lowest BCUT2D eigenvalue weighted by molar-refractivity contribution is 0.0945. The number of unbranched alkanes of at least 4 members (excludes halogenated alkanes) is 1. The average Bonchev–Trinajstić information content (AvgIpc) is 2.65. The van der Waals surface area contributed by atoms with E-state index in [1.165, 1.54) is 12.1 Å². The lowest BCUT2D eigenvalue weighted by Gasteiger charge is -2.10. The first-order chi connectivity index (χ1) is 12.5. The Bertz CT molecular complexity index is 816. The predicted molar refractivity (Wildman–Crippen MR) is 100 cm³/mol. The summed E-state index contributed by atoms with van der Waals surface area (Å²) in [6.07, 6.45) is 3.16. The van der Waals surface area contributed by atoms with Crippen LogP contribution in [0, 0.1) is 0 Å². The minimum Gasteiger partial charge on any atom is -0.494 e. The zero-order valence-electron chi connectivity index (χ0n) is 15.0. The van der Waals surface area contributed by atoms with Crippen LogP contribution in [-0.2, 0) is 16.4 Å². The van der Waals surface area contributed by atoms with Gasteiger partial charge in [-0.15, -0.1) is 4.83 Å². The molecule has 0 aliphatic rings. The van der Waals surface area contributed by atoms with Crippen LogP contribution in [0.15, 0.2) is 53.4 Å². The number of hydrogen-bond acceptors (Lipinski definition) is 4. The molecule has 2 aromatic rings. The van der Waals surface area contributed by atoms with Gasteiger partial charge in [-0.3, -0.25) is 10.2 Å². The normalized spacial score (nSPS) is 11.2. The van der Waals surface area contributed by atoms with Crippen molar-refractivity contribution >= 4 is 15.9 Å². The molecule has 0 unspecified atom stereocenters. The number of rotatable bonds is 9. The molecular formula is C19H24N2O4S. The van der Waals surface area contributed by atoms with Crippen molar-refractivity contribution in [3.63, 3.8) is 0 Å². The van der Waals surface area contributed by atoms with Gasteiger partial charge in [0.05, 0.1) is 11.5 Å². The molecule has 0 aliphatic carbocycles. The van der Waals surface area contributed by atoms with E-state index in [0.29, 0.717) is 17.9 Å². The number of sulfonamides is 1. The molecule has 0 fully saturated rings. The van der Waals surface area contributed by atoms with E-state index in [1.54, 1.807) is 24.3 Å². The van der Waals surface area contributed by atoms with Crippen molar-refractivity contribution < 1.29 is 17.9 Å². The fourth-order valence-electron chi connectivity index (χ4n) is 2.33. The van der Waals surface area contributed by atoms with Gasteiger partial charge in [-0.2, -0.15) is 0 Å². The molecule has 2 N–H and O–H groups in total. The lowest BCUT2D eigenvalue weighted by atomic mass is 10.1. The van der Waals surface area contributed by atoms with Gasteiger partial charge in [-0.05, 0) is 61.7 Å². The highest BCUT2D eigenvalue weighted by atomic mass is 32.2. The third-order valence-electron chi connectivity index (χ3n) is 3.78. The topological polar surface area (TPSA) is 84.5 Å². The standard InChI is InChI=1S/C19H24N2O4S/c1-3-5-6-15-7-9-16(10-8-15)19(22)20-21-26(23,24)18-13-11-17(12-14-18)25-4-2/h7-14,21H,3-6H2,1-2H3,(H,20,22). The van der Waals surface area contributed by atoms with Crippen LogP contribution in [0.3, 0.4) is 0 Å². The number of hydrogen-bond donors (Lipinski definition) is 2. The SMILES string of the molecule is CCCCc1ccc(C(=O)NNS(=O)(=O)c2ccc(OCC)cc2)cc1. The van der Waals surface area contributed by atoms with Gasteiger partial charge in [0.1, 0.15) is 5.75 Å². The number of carbonyl (C=O) groups excluding carboxylic acids is 1. The number of amides is 1. The van der Waals surface area contributed by atoms with Crippen LogP contribution in [-0.4, -0.2) is 20.9 Å². The number of carbonyl (C=O) groups is 1. The van der Waals surface area contributed by atoms with Crippen LogP contribution in [0.1, 0.15) is 42.6 Å². The van der Waals surface area contributed by atoms with Crippen LogP contribution in [0.4, 0.5) is 0 Å². The number of benzene rings is 2. The summed E-state index contributed by atoms with van der Waals surface area (Å²) in [6, 6.07) is 13.1. The second-order valence-electron chi connectivity index (χ2n) is 5.76. The van der Waals surface area contributed by atoms with Crippen LogP contribution >= 0.6 is 0 Å². The molecule has 0 heterocycles. The maximum absolute atomic E-state index is 12.2. The van der Waals surface area contributed by atoms with E-state index in [0.717, 1.165) is 24.8 Å². The monoisotopic (exact) mass is 376 g/mol. The Labute approximate surface area is 154 Å². The summed E-state index contributed by atoms with van der Waals surface area (Å²) >= 11 is 0. The Morgan fingerprint density at radius 1 is 1.00 bits per heavy atom. The third-order valence-corrected chi connectivity index (χ3v) is 5.04. The molecule has 6 nitrogen and oxygen atoms in total. The van der Waals surface area contributed by atoms with Gasteiger partial charge in [0.2, 0.25) is 0 Å². The Morgan fingerprint density at radius 3 is 2.23 bits per heavy atom. The number of nitrogens with one attached hydrogen (secondary N) is 2. The van der Waals surface area contributed by atoms with Crippen LogP contribution in [0.25, 0.3) is 0 Å². The summed E-state index contributed by atoms with van der Waals surface area (Å²) in [5, 5.41) is 0. The summed E-state index contributed by atoms with van der Waals surface area (Å²) in [7, 11) is -3.85. The Hall–Kier alpha value is -2.38. The quantitative estimate of drug-likeness (QED) is 0.659. The van der Waals surface area contributed by atoms with Crippen molar-refractivity contribution in [2.75, 3.05) is 6.61 Å². The molecule has 0 atom stereocenters. The van der Waals surface area contributed by atoms with Gasteiger partial charge in [-0.1, -0.05) is 25.5 Å². The summed E-state index contributed by atoms with van der Waals surface area (Å²) in [6.45, 7) is 4.47. The third kappa shape index (κ3) is 5.57. The van der Waals surface area contributed by atoms with Gasteiger partial charge < -0.3 is 4.74 Å². The first kappa shape index (κ1) is 19.9. The Balaban J connectivity index is 1.96. The van der Waals surface area contributed by atoms with Crippen LogP contribution in [0.5, 0.6) is 5.75 Å². The largest absolute Gasteiger partial charge is 0.494 e. The van der Waals surface area contributed by atoms with Crippen molar-refractivity contribution in [3.05, 3.63) is 59.7 Å². The van der Waals surface area contributed by atoms with Crippen molar-refractivity contribution in [1.29, 1.82) is 0 Å². The van der Waals surface area contributed by atoms with Crippen molar-refractivity contribution in [2.45, 2.75) is 38.0 Å². The minimum atomic E-state index is -3.85. The van der Waals surface area contributed by atoms with Gasteiger partial charge in [0, 0.05) is 5.56 Å². The first-order valence-corrected chi connectivity index (χ1v) is 10.1. The summed E-state index contributed by atoms with van der Waals surface area (Å²) in [5.74, 6) is 0.0696. The second-order valence-corrected chi connectivity index (χ2v) is 7.45. The minimum absolute atomic E-state index is 0.0381. The first-order valence-electron chi connectivity index (χ1n) is 8.60. The predicted octanol–water partition coefficient (Wildman–Crippen LogP) is 3.05. The molecule has 0 saturated heterocycles. The van der Waals surface area contributed by atoms with E-state index in [-0.39, 0.29) is 4.90 Å². The second kappa shape index (κ2) is 9.35. The molecule has 7 heteroatoms. The fraction of sp³-hybridized carbons (Fsp3) is 0.316. The average molecular weight is 376 g/mol. The van der Waals surface area contributed by atoms with Crippen molar-refractivity contribution in [2.24, 2.45) is 0 Å². The molecule has 0 spiro atoms. The molecule has 0 aliphatic heterocycles. The lowest BCUT2D eigenvalue weighted by Crippen LogP contribution is -2.41. The van der Waals surface area contributed by atoms with Gasteiger partial charge in [-0.25, -0.2) is 8.42 Å². The Kier molecular flexibility index (Phi) is 7.17. The summed E-state index contributed by atoms with van der Waals surface area (Å²) in [5.41, 5.74) is 3.77. The summed E-state index contributed by atoms with van der Waals surface area (Å²) < 4.78 is 29.8. The van der Waals surface area contributed by atoms with E-state index in [4.69, 9.17) is 4.74 Å². The Morgan fingerprint density at radius 2 is 1.65 bits per heavy atom. The number of aryl methyl sites for hydroxylation is 1. The number of hydrazine groups is 1. The molecule has 2 aromatic carbocycles. The molecule has 0 bridgehead atoms. The molecule has 0 aromatic heterocycles. The highest BCUT2D eigenvalue weighted by molar-refractivity contribution is 7.89.